The average Bonchev–Trinajstić information content (AvgIpc) is 2.43. The van der Waals surface area contributed by atoms with Gasteiger partial charge in [0, 0.05) is 38.3 Å². The van der Waals surface area contributed by atoms with Crippen LogP contribution in [0.15, 0.2) is 0 Å². The molecule has 0 spiro atoms. The molecule has 0 amide bonds. The fourth-order valence-electron chi connectivity index (χ4n) is 2.84. The number of methoxy groups -OCH3 is 1. The van der Waals surface area contributed by atoms with Crippen LogP contribution in [0, 0.1) is 0 Å². The van der Waals surface area contributed by atoms with Crippen LogP contribution in [0.4, 0.5) is 0 Å². The van der Waals surface area contributed by atoms with Crippen LogP contribution in [0.25, 0.3) is 0 Å². The van der Waals surface area contributed by atoms with Crippen LogP contribution in [0.1, 0.15) is 41.0 Å². The first-order chi connectivity index (χ1) is 9.73. The summed E-state index contributed by atoms with van der Waals surface area (Å²) in [6.45, 7) is 16.4. The van der Waals surface area contributed by atoms with Crippen molar-refractivity contribution in [2.45, 2.75) is 52.1 Å². The number of carbonyl (C=O) groups excluding carboxylic acids is 1. The maximum Gasteiger partial charge on any atom is 0.327 e. The molecule has 0 aromatic heterocycles. The van der Waals surface area contributed by atoms with Crippen molar-refractivity contribution >= 4 is 5.97 Å². The van der Waals surface area contributed by atoms with Crippen molar-refractivity contribution in [2.75, 3.05) is 46.4 Å². The molecule has 0 aromatic carbocycles. The Morgan fingerprint density at radius 1 is 1.14 bits per heavy atom. The standard InChI is InChI=1S/C16H33N3O2/c1-7-8-17-16(5,14(20)21-6)13-18-9-11-19(12-10-18)15(2,3)4/h17H,7-13H2,1-6H3. The van der Waals surface area contributed by atoms with Gasteiger partial charge in [0.1, 0.15) is 5.54 Å². The van der Waals surface area contributed by atoms with Crippen molar-refractivity contribution in [3.05, 3.63) is 0 Å². The minimum absolute atomic E-state index is 0.172. The zero-order chi connectivity index (χ0) is 16.1. The van der Waals surface area contributed by atoms with Gasteiger partial charge in [0.15, 0.2) is 0 Å². The van der Waals surface area contributed by atoms with E-state index in [1.807, 2.05) is 6.92 Å². The summed E-state index contributed by atoms with van der Waals surface area (Å²) in [5, 5.41) is 3.36. The fourth-order valence-corrected chi connectivity index (χ4v) is 2.84. The highest BCUT2D eigenvalue weighted by molar-refractivity contribution is 5.80. The van der Waals surface area contributed by atoms with Crippen LogP contribution in [0.5, 0.6) is 0 Å². The molecule has 124 valence electrons. The molecule has 1 unspecified atom stereocenters. The Morgan fingerprint density at radius 3 is 2.14 bits per heavy atom. The lowest BCUT2D eigenvalue weighted by Crippen LogP contribution is -2.61. The Kier molecular flexibility index (Phi) is 6.63. The van der Waals surface area contributed by atoms with E-state index in [1.54, 1.807) is 0 Å². The van der Waals surface area contributed by atoms with Crippen molar-refractivity contribution in [1.82, 2.24) is 15.1 Å². The van der Waals surface area contributed by atoms with Crippen LogP contribution < -0.4 is 5.32 Å². The first-order valence-electron chi connectivity index (χ1n) is 8.04. The first kappa shape index (κ1) is 18.4. The second kappa shape index (κ2) is 7.56. The number of esters is 1. The molecule has 0 saturated carbocycles. The molecule has 1 N–H and O–H groups in total. The van der Waals surface area contributed by atoms with E-state index in [4.69, 9.17) is 4.74 Å². The lowest BCUT2D eigenvalue weighted by Gasteiger charge is -2.44. The predicted molar refractivity (Wildman–Crippen MR) is 86.5 cm³/mol. The molecule has 1 rings (SSSR count). The highest BCUT2D eigenvalue weighted by Crippen LogP contribution is 2.18. The molecular formula is C16H33N3O2. The molecule has 0 aromatic rings. The van der Waals surface area contributed by atoms with Gasteiger partial charge < -0.3 is 10.1 Å². The summed E-state index contributed by atoms with van der Waals surface area (Å²) in [4.78, 5) is 17.0. The summed E-state index contributed by atoms with van der Waals surface area (Å²) < 4.78 is 4.99. The van der Waals surface area contributed by atoms with E-state index in [0.29, 0.717) is 6.54 Å². The molecule has 1 aliphatic rings. The number of piperazine rings is 1. The van der Waals surface area contributed by atoms with Gasteiger partial charge in [-0.1, -0.05) is 6.92 Å². The summed E-state index contributed by atoms with van der Waals surface area (Å²) in [6.07, 6.45) is 1.00. The first-order valence-corrected chi connectivity index (χ1v) is 8.04. The highest BCUT2D eigenvalue weighted by Gasteiger charge is 2.37. The van der Waals surface area contributed by atoms with E-state index in [-0.39, 0.29) is 11.5 Å². The van der Waals surface area contributed by atoms with Gasteiger partial charge in [-0.15, -0.1) is 0 Å². The number of nitrogens with one attached hydrogen (secondary N) is 1. The minimum atomic E-state index is -0.616. The third-order valence-electron chi connectivity index (χ3n) is 4.26. The van der Waals surface area contributed by atoms with Crippen LogP contribution >= 0.6 is 0 Å². The molecule has 1 atom stereocenters. The van der Waals surface area contributed by atoms with Gasteiger partial charge in [0.25, 0.3) is 0 Å². The van der Waals surface area contributed by atoms with E-state index in [9.17, 15) is 4.79 Å². The van der Waals surface area contributed by atoms with Crippen LogP contribution in [0.2, 0.25) is 0 Å². The number of hydrogen-bond donors (Lipinski definition) is 1. The van der Waals surface area contributed by atoms with Crippen molar-refractivity contribution in [1.29, 1.82) is 0 Å². The van der Waals surface area contributed by atoms with Gasteiger partial charge in [-0.2, -0.15) is 0 Å². The van der Waals surface area contributed by atoms with Crippen LogP contribution in [-0.2, 0) is 9.53 Å². The lowest BCUT2D eigenvalue weighted by atomic mass is 10.00. The Labute approximate surface area is 130 Å². The summed E-state index contributed by atoms with van der Waals surface area (Å²) in [5.74, 6) is -0.172. The molecule has 0 bridgehead atoms. The molecule has 0 aliphatic carbocycles. The Hall–Kier alpha value is -0.650. The molecule has 0 radical (unpaired) electrons. The van der Waals surface area contributed by atoms with Gasteiger partial charge in [0.2, 0.25) is 0 Å². The zero-order valence-electron chi connectivity index (χ0n) is 14.7. The minimum Gasteiger partial charge on any atom is -0.468 e. The van der Waals surface area contributed by atoms with Crippen molar-refractivity contribution < 1.29 is 9.53 Å². The topological polar surface area (TPSA) is 44.8 Å². The quantitative estimate of drug-likeness (QED) is 0.750. The second-order valence-corrected chi connectivity index (χ2v) is 7.18. The summed E-state index contributed by atoms with van der Waals surface area (Å²) in [6, 6.07) is 0. The smallest absolute Gasteiger partial charge is 0.327 e. The van der Waals surface area contributed by atoms with Crippen LogP contribution in [-0.4, -0.2) is 73.2 Å². The number of carbonyl (C=O) groups is 1. The summed E-state index contributed by atoms with van der Waals surface area (Å²) in [5.41, 5.74) is -0.396. The number of hydrogen-bond acceptors (Lipinski definition) is 5. The van der Waals surface area contributed by atoms with E-state index in [0.717, 1.165) is 39.1 Å². The fraction of sp³-hybridized carbons (Fsp3) is 0.938. The Bertz CT molecular complexity index is 333. The van der Waals surface area contributed by atoms with Gasteiger partial charge in [0.05, 0.1) is 7.11 Å². The number of nitrogens with zero attached hydrogens (tertiary/aromatic N) is 2. The molecule has 1 aliphatic heterocycles. The van der Waals surface area contributed by atoms with E-state index >= 15 is 0 Å². The molecular weight excluding hydrogens is 266 g/mol. The lowest BCUT2D eigenvalue weighted by molar-refractivity contribution is -0.149. The monoisotopic (exact) mass is 299 g/mol. The third-order valence-corrected chi connectivity index (χ3v) is 4.26. The van der Waals surface area contributed by atoms with Crippen LogP contribution in [0.3, 0.4) is 0 Å². The van der Waals surface area contributed by atoms with Crippen molar-refractivity contribution in [3.63, 3.8) is 0 Å². The number of rotatable bonds is 6. The van der Waals surface area contributed by atoms with Gasteiger partial charge in [-0.05, 0) is 40.7 Å². The van der Waals surface area contributed by atoms with E-state index < -0.39 is 5.54 Å². The second-order valence-electron chi connectivity index (χ2n) is 7.18. The third kappa shape index (κ3) is 5.24. The largest absolute Gasteiger partial charge is 0.468 e. The van der Waals surface area contributed by atoms with Gasteiger partial charge >= 0.3 is 5.97 Å². The maximum atomic E-state index is 12.1. The van der Waals surface area contributed by atoms with Gasteiger partial charge in [-0.25, -0.2) is 0 Å². The van der Waals surface area contributed by atoms with E-state index in [1.165, 1.54) is 7.11 Å². The summed E-state index contributed by atoms with van der Waals surface area (Å²) >= 11 is 0. The highest BCUT2D eigenvalue weighted by atomic mass is 16.5. The molecule has 5 nitrogen and oxygen atoms in total. The van der Waals surface area contributed by atoms with Gasteiger partial charge in [-0.3, -0.25) is 14.6 Å². The Morgan fingerprint density at radius 2 is 1.71 bits per heavy atom. The SMILES string of the molecule is CCCNC(C)(CN1CCN(C(C)(C)C)CC1)C(=O)OC. The number of ether oxygens (including phenoxy) is 1. The molecule has 1 saturated heterocycles. The maximum absolute atomic E-state index is 12.1. The normalized spacial score (nSPS) is 21.0. The zero-order valence-corrected chi connectivity index (χ0v) is 14.7. The molecule has 21 heavy (non-hydrogen) atoms. The molecule has 5 heteroatoms. The van der Waals surface area contributed by atoms with Crippen molar-refractivity contribution in [2.24, 2.45) is 0 Å². The summed E-state index contributed by atoms with van der Waals surface area (Å²) in [7, 11) is 1.46. The predicted octanol–water partition coefficient (Wildman–Crippen LogP) is 1.33. The average molecular weight is 299 g/mol. The molecule has 1 fully saturated rings. The Balaban J connectivity index is 2.59. The van der Waals surface area contributed by atoms with Crippen molar-refractivity contribution in [3.8, 4) is 0 Å². The van der Waals surface area contributed by atoms with E-state index in [2.05, 4.69) is 42.8 Å². The molecule has 1 heterocycles.